The van der Waals surface area contributed by atoms with E-state index in [1.807, 2.05) is 6.08 Å². The zero-order valence-electron chi connectivity index (χ0n) is 17.1. The smallest absolute Gasteiger partial charge is 0.156 e. The van der Waals surface area contributed by atoms with Crippen LogP contribution in [0.25, 0.3) is 0 Å². The highest BCUT2D eigenvalue weighted by atomic mass is 16.5. The van der Waals surface area contributed by atoms with Crippen molar-refractivity contribution < 1.29 is 28.4 Å². The molecule has 6 atom stereocenters. The fraction of sp³-hybridized carbons (Fsp3) is 0.636. The Labute approximate surface area is 166 Å². The Hall–Kier alpha value is -1.92. The van der Waals surface area contributed by atoms with Crippen LogP contribution in [0, 0.1) is 23.7 Å². The first kappa shape index (κ1) is 19.4. The number of allylic oxidation sites excluding steroid dienone is 3. The molecule has 0 amide bonds. The van der Waals surface area contributed by atoms with Gasteiger partial charge in [-0.15, -0.1) is 0 Å². The van der Waals surface area contributed by atoms with Gasteiger partial charge in [0.1, 0.15) is 5.76 Å². The maximum absolute atomic E-state index is 6.30. The molecule has 2 saturated heterocycles. The Kier molecular flexibility index (Phi) is 5.69. The third kappa shape index (κ3) is 3.33. The normalized spacial score (nSPS) is 37.3. The fourth-order valence-corrected chi connectivity index (χ4v) is 5.05. The van der Waals surface area contributed by atoms with E-state index in [9.17, 15) is 0 Å². The zero-order chi connectivity index (χ0) is 19.7. The lowest BCUT2D eigenvalue weighted by Crippen LogP contribution is -2.31. The predicted octanol–water partition coefficient (Wildman–Crippen LogP) is 3.18. The van der Waals surface area contributed by atoms with Gasteiger partial charge in [-0.25, -0.2) is 0 Å². The molecule has 6 heteroatoms. The largest absolute Gasteiger partial charge is 0.497 e. The summed E-state index contributed by atoms with van der Waals surface area (Å²) in [5.41, 5.74) is 0. The van der Waals surface area contributed by atoms with Gasteiger partial charge in [0.2, 0.25) is 0 Å². The van der Waals surface area contributed by atoms with E-state index in [1.54, 1.807) is 28.4 Å². The molecule has 0 aromatic rings. The van der Waals surface area contributed by atoms with E-state index in [4.69, 9.17) is 28.4 Å². The highest BCUT2D eigenvalue weighted by molar-refractivity contribution is 5.27. The monoisotopic (exact) mass is 390 g/mol. The van der Waals surface area contributed by atoms with Crippen molar-refractivity contribution >= 4 is 0 Å². The second-order valence-corrected chi connectivity index (χ2v) is 7.75. The number of ether oxygens (including phenoxy) is 6. The van der Waals surface area contributed by atoms with Crippen molar-refractivity contribution in [3.8, 4) is 0 Å². The Bertz CT molecular complexity index is 706. The third-order valence-corrected chi connectivity index (χ3v) is 6.48. The lowest BCUT2D eigenvalue weighted by atomic mass is 9.78. The molecule has 0 radical (unpaired) electrons. The zero-order valence-corrected chi connectivity index (χ0v) is 17.1. The van der Waals surface area contributed by atoms with E-state index in [-0.39, 0.29) is 24.0 Å². The van der Waals surface area contributed by atoms with Crippen LogP contribution in [0.4, 0.5) is 0 Å². The molecule has 0 saturated carbocycles. The molecular formula is C22H30O6. The van der Waals surface area contributed by atoms with Gasteiger partial charge in [-0.05, 0) is 24.6 Å². The Balaban J connectivity index is 1.45. The van der Waals surface area contributed by atoms with Crippen molar-refractivity contribution in [1.82, 2.24) is 0 Å². The molecule has 0 N–H and O–H groups in total. The highest BCUT2D eigenvalue weighted by Gasteiger charge is 2.51. The van der Waals surface area contributed by atoms with Crippen LogP contribution in [0.1, 0.15) is 12.8 Å². The van der Waals surface area contributed by atoms with Gasteiger partial charge in [0, 0.05) is 30.1 Å². The number of methoxy groups -OCH3 is 4. The van der Waals surface area contributed by atoms with E-state index in [0.29, 0.717) is 11.8 Å². The van der Waals surface area contributed by atoms with E-state index < -0.39 is 0 Å². The number of rotatable bonds is 6. The van der Waals surface area contributed by atoms with Crippen LogP contribution in [-0.4, -0.2) is 53.9 Å². The molecule has 2 aliphatic heterocycles. The number of fused-ring (bicyclic) bond motifs is 1. The van der Waals surface area contributed by atoms with Gasteiger partial charge in [0.15, 0.2) is 17.3 Å². The van der Waals surface area contributed by atoms with Crippen LogP contribution in [-0.2, 0) is 28.4 Å². The van der Waals surface area contributed by atoms with E-state index in [1.165, 1.54) is 0 Å². The first-order chi connectivity index (χ1) is 13.7. The third-order valence-electron chi connectivity index (χ3n) is 6.48. The first-order valence-electron chi connectivity index (χ1n) is 9.93. The second kappa shape index (κ2) is 8.21. The van der Waals surface area contributed by atoms with Crippen LogP contribution in [0.15, 0.2) is 47.3 Å². The van der Waals surface area contributed by atoms with Crippen molar-refractivity contribution in [2.45, 2.75) is 25.0 Å². The lowest BCUT2D eigenvalue weighted by molar-refractivity contribution is -0.00881. The van der Waals surface area contributed by atoms with Gasteiger partial charge in [-0.3, -0.25) is 0 Å². The molecule has 28 heavy (non-hydrogen) atoms. The Morgan fingerprint density at radius 1 is 0.821 bits per heavy atom. The van der Waals surface area contributed by atoms with Gasteiger partial charge in [-0.2, -0.15) is 0 Å². The van der Waals surface area contributed by atoms with Crippen LogP contribution in [0.3, 0.4) is 0 Å². The number of hydrogen-bond acceptors (Lipinski definition) is 6. The molecule has 2 heterocycles. The predicted molar refractivity (Wildman–Crippen MR) is 103 cm³/mol. The minimum atomic E-state index is 0.148. The van der Waals surface area contributed by atoms with Gasteiger partial charge in [-0.1, -0.05) is 6.08 Å². The summed E-state index contributed by atoms with van der Waals surface area (Å²) in [6, 6.07) is 0. The molecule has 6 nitrogen and oxygen atoms in total. The topological polar surface area (TPSA) is 55.4 Å². The van der Waals surface area contributed by atoms with E-state index >= 15 is 0 Å². The highest BCUT2D eigenvalue weighted by Crippen LogP contribution is 2.46. The average molecular weight is 390 g/mol. The summed E-state index contributed by atoms with van der Waals surface area (Å²) in [5, 5.41) is 0. The molecule has 0 spiro atoms. The lowest BCUT2D eigenvalue weighted by Gasteiger charge is -2.28. The van der Waals surface area contributed by atoms with Gasteiger partial charge >= 0.3 is 0 Å². The maximum atomic E-state index is 6.30. The summed E-state index contributed by atoms with van der Waals surface area (Å²) in [7, 11) is 6.72. The van der Waals surface area contributed by atoms with Crippen molar-refractivity contribution in [1.29, 1.82) is 0 Å². The summed E-state index contributed by atoms with van der Waals surface area (Å²) in [6.07, 6.45) is 10.4. The molecule has 2 aliphatic carbocycles. The Morgan fingerprint density at radius 2 is 1.50 bits per heavy atom. The molecular weight excluding hydrogens is 360 g/mol. The maximum Gasteiger partial charge on any atom is 0.156 e. The molecule has 0 aromatic carbocycles. The van der Waals surface area contributed by atoms with Crippen molar-refractivity contribution in [2.75, 3.05) is 41.7 Å². The summed E-state index contributed by atoms with van der Waals surface area (Å²) in [6.45, 7) is 1.47. The minimum Gasteiger partial charge on any atom is -0.497 e. The molecule has 4 rings (SSSR count). The summed E-state index contributed by atoms with van der Waals surface area (Å²) in [4.78, 5) is 0. The molecule has 4 aliphatic rings. The van der Waals surface area contributed by atoms with Crippen LogP contribution < -0.4 is 0 Å². The van der Waals surface area contributed by atoms with Crippen molar-refractivity contribution in [3.63, 3.8) is 0 Å². The van der Waals surface area contributed by atoms with Gasteiger partial charge in [0.05, 0.1) is 53.9 Å². The second-order valence-electron chi connectivity index (χ2n) is 7.75. The molecule has 0 bridgehead atoms. The van der Waals surface area contributed by atoms with Gasteiger partial charge in [0.25, 0.3) is 0 Å². The summed E-state index contributed by atoms with van der Waals surface area (Å²) >= 11 is 0. The van der Waals surface area contributed by atoms with Crippen molar-refractivity contribution in [2.24, 2.45) is 23.7 Å². The standard InChI is InChI=1S/C22H30O6/c1-23-17-7-5-13(9-19(17)25-3)21-15-11-28-22(16(15)12-27-21)14-6-8-18(24-2)20(10-14)26-4/h5,7-8,10,13-16,21-22H,6,9,11-12H2,1-4H3/t13?,14?,15-,16-,21+,22+/m0/s1. The SMILES string of the molecule is COC1=CCC([C@H]2OC[C@H]3[C@@H]2CO[C@@H]3C2C=CC(OC)=C(OC)C2)C=C1OC. The first-order valence-corrected chi connectivity index (χ1v) is 9.93. The molecule has 2 fully saturated rings. The van der Waals surface area contributed by atoms with Gasteiger partial charge < -0.3 is 28.4 Å². The number of hydrogen-bond donors (Lipinski definition) is 0. The van der Waals surface area contributed by atoms with Crippen LogP contribution >= 0.6 is 0 Å². The molecule has 154 valence electrons. The van der Waals surface area contributed by atoms with Crippen LogP contribution in [0.2, 0.25) is 0 Å². The van der Waals surface area contributed by atoms with Crippen molar-refractivity contribution in [3.05, 3.63) is 47.3 Å². The van der Waals surface area contributed by atoms with E-state index in [2.05, 4.69) is 18.2 Å². The summed E-state index contributed by atoms with van der Waals surface area (Å²) < 4.78 is 34.4. The molecule has 2 unspecified atom stereocenters. The molecule has 0 aromatic heterocycles. The summed E-state index contributed by atoms with van der Waals surface area (Å²) in [5.74, 6) is 4.63. The average Bonchev–Trinajstić information content (AvgIpc) is 3.35. The van der Waals surface area contributed by atoms with E-state index in [0.717, 1.165) is 49.1 Å². The Morgan fingerprint density at radius 3 is 2.11 bits per heavy atom. The minimum absolute atomic E-state index is 0.148. The fourth-order valence-electron chi connectivity index (χ4n) is 5.05. The quantitative estimate of drug-likeness (QED) is 0.694. The van der Waals surface area contributed by atoms with Crippen LogP contribution in [0.5, 0.6) is 0 Å².